The molecule has 12 aromatic carbocycles. The molecule has 10 heteroatoms. The second kappa shape index (κ2) is 24.7. The molecule has 0 radical (unpaired) electrons. The van der Waals surface area contributed by atoms with Gasteiger partial charge in [0.2, 0.25) is 0 Å². The number of rotatable bonds is 12. The van der Waals surface area contributed by atoms with Gasteiger partial charge in [0.05, 0.1) is 31.8 Å². The SMILES string of the molecule is CC(C)(C)c1ccc(N(c2ccc(-n3c4cc(N(C5=CC6C=CN=CC6C=C5)c5ccc(-c6cc7ccccc7o6)cc5)c5sc6ccccc6c5c4c4c5c(sc6ccccc65)c(N(c5ccc(-c6cc7ccccc7o6)cc5)c5ccc6cnccc6c5)cc43)cc2)c2ccc(C(C)(C)C)cc2)cc1. The van der Waals surface area contributed by atoms with Gasteiger partial charge in [0.25, 0.3) is 0 Å². The van der Waals surface area contributed by atoms with Crippen molar-refractivity contribution >= 4 is 169 Å². The summed E-state index contributed by atoms with van der Waals surface area (Å²) in [6.45, 7) is 13.7. The highest BCUT2D eigenvalue weighted by atomic mass is 32.1. The Kier molecular flexibility index (Phi) is 14.7. The van der Waals surface area contributed by atoms with Crippen LogP contribution in [0.2, 0.25) is 0 Å². The maximum Gasteiger partial charge on any atom is 0.135 e. The van der Waals surface area contributed by atoms with Crippen LogP contribution in [0.4, 0.5) is 45.5 Å². The van der Waals surface area contributed by atoms with E-state index in [1.165, 1.54) is 62.2 Å². The van der Waals surface area contributed by atoms with Crippen molar-refractivity contribution in [3.05, 3.63) is 327 Å². The van der Waals surface area contributed by atoms with Crippen LogP contribution in [-0.2, 0) is 10.8 Å². The van der Waals surface area contributed by atoms with Crippen molar-refractivity contribution in [2.24, 2.45) is 16.8 Å². The Morgan fingerprint density at radius 2 is 0.887 bits per heavy atom. The molecule has 0 spiro atoms. The molecule has 1 aliphatic carbocycles. The fourth-order valence-corrected chi connectivity index (χ4v) is 18.5. The van der Waals surface area contributed by atoms with Crippen molar-refractivity contribution in [3.8, 4) is 28.3 Å². The Morgan fingerprint density at radius 1 is 0.406 bits per heavy atom. The number of para-hydroxylation sites is 2. The van der Waals surface area contributed by atoms with Gasteiger partial charge in [0, 0.05) is 151 Å². The Bertz CT molecular complexity index is 6540. The standard InChI is InChI=1S/C96H72N6O2S2/c1-95(2,3)67-29-39-69(40-30-67)99(70-41-31-68(32-42-70)96(4,5)6)71-43-45-74(46-44-71)102-79-55-81(100(75-37-27-65-57-97-49-47-61(65)51-75)72-33-23-59(24-34-72)85-53-63-15-7-11-19-83(63)103-85)93-89(77-17-9-13-21-87(77)105-93)91(79)92-80(102)56-82(94-90(92)78-18-10-14-22-88(78)106-94)101(76-38-28-66-58-98-50-48-62(66)52-76)73-35-25-60(26-36-73)86-54-64-16-8-12-20-84(64)104-86/h7-58,61,65H,1-6H3. The number of furan rings is 2. The minimum absolute atomic E-state index is 0.0125. The van der Waals surface area contributed by atoms with E-state index in [1.54, 1.807) is 0 Å². The first-order valence-electron chi connectivity index (χ1n) is 36.4. The predicted molar refractivity (Wildman–Crippen MR) is 449 cm³/mol. The smallest absolute Gasteiger partial charge is 0.135 e. The van der Waals surface area contributed by atoms with Crippen molar-refractivity contribution in [1.82, 2.24) is 9.55 Å². The maximum atomic E-state index is 6.54. The summed E-state index contributed by atoms with van der Waals surface area (Å²) >= 11 is 3.74. The van der Waals surface area contributed by atoms with Gasteiger partial charge in [-0.25, -0.2) is 0 Å². The highest BCUT2D eigenvalue weighted by Gasteiger charge is 2.32. The molecule has 8 nitrogen and oxygen atoms in total. The number of anilines is 8. The molecule has 0 bridgehead atoms. The summed E-state index contributed by atoms with van der Waals surface area (Å²) in [5.41, 5.74) is 19.0. The van der Waals surface area contributed by atoms with Gasteiger partial charge < -0.3 is 28.1 Å². The zero-order chi connectivity index (χ0) is 71.1. The molecule has 18 aromatic rings. The molecule has 0 fully saturated rings. The van der Waals surface area contributed by atoms with Crippen LogP contribution in [0.1, 0.15) is 52.7 Å². The number of aliphatic imine (C=N–C) groups is 1. The molecule has 0 N–H and O–H groups in total. The number of benzene rings is 12. The summed E-state index contributed by atoms with van der Waals surface area (Å²) in [6.07, 6.45) is 17.2. The first-order valence-corrected chi connectivity index (χ1v) is 38.0. The average Bonchev–Trinajstić information content (AvgIpc) is 1.52. The van der Waals surface area contributed by atoms with Crippen LogP contribution in [0.25, 0.3) is 123 Å². The van der Waals surface area contributed by atoms with Crippen LogP contribution in [0.5, 0.6) is 0 Å². The molecular weight excluding hydrogens is 1330 g/mol. The fraction of sp³-hybridized carbons (Fsp3) is 0.104. The van der Waals surface area contributed by atoms with Gasteiger partial charge in [-0.1, -0.05) is 163 Å². The number of thiophene rings is 2. The highest BCUT2D eigenvalue weighted by molar-refractivity contribution is 7.27. The lowest BCUT2D eigenvalue weighted by atomic mass is 9.86. The molecule has 2 atom stereocenters. The minimum Gasteiger partial charge on any atom is -0.456 e. The minimum atomic E-state index is -0.0125. The summed E-state index contributed by atoms with van der Waals surface area (Å²) in [5.74, 6) is 1.91. The van der Waals surface area contributed by atoms with Crippen LogP contribution in [0.15, 0.2) is 329 Å². The first kappa shape index (κ1) is 63.4. The van der Waals surface area contributed by atoms with Gasteiger partial charge >= 0.3 is 0 Å². The lowest BCUT2D eigenvalue weighted by Crippen LogP contribution is -2.22. The predicted octanol–water partition coefficient (Wildman–Crippen LogP) is 27.9. The molecular formula is C96H72N6O2S2. The van der Waals surface area contributed by atoms with Gasteiger partial charge in [0.15, 0.2) is 0 Å². The Hall–Kier alpha value is -12.3. The molecule has 0 saturated heterocycles. The number of allylic oxidation sites excluding steroid dienone is 4. The van der Waals surface area contributed by atoms with E-state index in [0.29, 0.717) is 0 Å². The lowest BCUT2D eigenvalue weighted by molar-refractivity contribution is 0.590. The summed E-state index contributed by atoms with van der Waals surface area (Å²) in [7, 11) is 0. The van der Waals surface area contributed by atoms with E-state index in [2.05, 4.69) is 344 Å². The zero-order valence-electron chi connectivity index (χ0n) is 59.5. The van der Waals surface area contributed by atoms with E-state index in [-0.39, 0.29) is 22.7 Å². The average molecular weight is 1410 g/mol. The molecule has 2 unspecified atom stereocenters. The van der Waals surface area contributed by atoms with Crippen LogP contribution in [0, 0.1) is 11.8 Å². The fourth-order valence-electron chi connectivity index (χ4n) is 16.1. The van der Waals surface area contributed by atoms with Crippen LogP contribution in [0.3, 0.4) is 0 Å². The van der Waals surface area contributed by atoms with Crippen LogP contribution in [-0.4, -0.2) is 15.8 Å². The lowest BCUT2D eigenvalue weighted by Gasteiger charge is -2.31. The highest BCUT2D eigenvalue weighted by Crippen LogP contribution is 2.56. The summed E-state index contributed by atoms with van der Waals surface area (Å²) in [6, 6.07) is 98.4. The van der Waals surface area contributed by atoms with E-state index < -0.39 is 0 Å². The summed E-state index contributed by atoms with van der Waals surface area (Å²) < 4.78 is 20.5. The van der Waals surface area contributed by atoms with Crippen LogP contribution >= 0.6 is 22.7 Å². The number of nitrogens with zero attached hydrogens (tertiary/aromatic N) is 6. The monoisotopic (exact) mass is 1400 g/mol. The largest absolute Gasteiger partial charge is 0.456 e. The van der Waals surface area contributed by atoms with Crippen LogP contribution < -0.4 is 14.7 Å². The molecule has 0 saturated carbocycles. The Labute approximate surface area is 622 Å². The second-order valence-corrected chi connectivity index (χ2v) is 32.3. The molecule has 0 amide bonds. The van der Waals surface area contributed by atoms with Crippen molar-refractivity contribution in [2.45, 2.75) is 52.4 Å². The van der Waals surface area contributed by atoms with Gasteiger partial charge in [-0.3, -0.25) is 9.98 Å². The molecule has 20 rings (SSSR count). The number of aromatic nitrogens is 2. The molecule has 1 aliphatic heterocycles. The number of hydrogen-bond donors (Lipinski definition) is 0. The topological polar surface area (TPSA) is 66.2 Å². The maximum absolute atomic E-state index is 6.54. The molecule has 510 valence electrons. The van der Waals surface area contributed by atoms with Crippen molar-refractivity contribution in [1.29, 1.82) is 0 Å². The van der Waals surface area contributed by atoms with E-state index in [4.69, 9.17) is 8.83 Å². The third kappa shape index (κ3) is 10.7. The third-order valence-electron chi connectivity index (χ3n) is 21.5. The van der Waals surface area contributed by atoms with E-state index in [9.17, 15) is 0 Å². The van der Waals surface area contributed by atoms with Gasteiger partial charge in [-0.2, -0.15) is 0 Å². The number of pyridine rings is 1. The number of fused-ring (bicyclic) bond motifs is 15. The van der Waals surface area contributed by atoms with Crippen molar-refractivity contribution in [2.75, 3.05) is 14.7 Å². The zero-order valence-corrected chi connectivity index (χ0v) is 61.1. The van der Waals surface area contributed by atoms with Gasteiger partial charge in [-0.15, -0.1) is 22.7 Å². The van der Waals surface area contributed by atoms with E-state index in [0.717, 1.165) is 123 Å². The molecule has 6 aromatic heterocycles. The Morgan fingerprint density at radius 3 is 1.43 bits per heavy atom. The quantitative estimate of drug-likeness (QED) is 0.121. The van der Waals surface area contributed by atoms with Crippen molar-refractivity contribution in [3.63, 3.8) is 0 Å². The van der Waals surface area contributed by atoms with Gasteiger partial charge in [-0.05, 0) is 197 Å². The normalized spacial score (nSPS) is 14.6. The van der Waals surface area contributed by atoms with Crippen molar-refractivity contribution < 1.29 is 8.83 Å². The number of hydrogen-bond acceptors (Lipinski definition) is 9. The van der Waals surface area contributed by atoms with E-state index >= 15 is 0 Å². The second-order valence-electron chi connectivity index (χ2n) is 30.2. The molecule has 2 aliphatic rings. The summed E-state index contributed by atoms with van der Waals surface area (Å²) in [4.78, 5) is 16.6. The first-order chi connectivity index (χ1) is 51.8. The molecule has 106 heavy (non-hydrogen) atoms. The summed E-state index contributed by atoms with van der Waals surface area (Å²) in [5, 5.41) is 11.6. The molecule has 7 heterocycles. The van der Waals surface area contributed by atoms with Gasteiger partial charge in [0.1, 0.15) is 22.7 Å². The van der Waals surface area contributed by atoms with E-state index in [1.807, 2.05) is 65.5 Å². The Balaban J connectivity index is 0.885. The third-order valence-corrected chi connectivity index (χ3v) is 23.9.